The Morgan fingerprint density at radius 1 is 1.38 bits per heavy atom. The Kier molecular flexibility index (Phi) is 5.06. The molecule has 1 aromatic rings. The fraction of sp³-hybridized carbons (Fsp3) is 0.500. The molecular formula is C12H17Cl2NO. The predicted molar refractivity (Wildman–Crippen MR) is 69.1 cm³/mol. The number of aliphatic hydroxyl groups is 1. The molecule has 2 N–H and O–H groups in total. The molecule has 1 atom stereocenters. The average molecular weight is 262 g/mol. The monoisotopic (exact) mass is 261 g/mol. The summed E-state index contributed by atoms with van der Waals surface area (Å²) in [5.41, 5.74) is 0.270. The van der Waals surface area contributed by atoms with E-state index in [1.54, 1.807) is 19.1 Å². The summed E-state index contributed by atoms with van der Waals surface area (Å²) in [7, 11) is 0. The van der Waals surface area contributed by atoms with Gasteiger partial charge in [-0.25, -0.2) is 0 Å². The Morgan fingerprint density at radius 3 is 2.69 bits per heavy atom. The van der Waals surface area contributed by atoms with Gasteiger partial charge in [0.2, 0.25) is 0 Å². The highest BCUT2D eigenvalue weighted by molar-refractivity contribution is 6.33. The van der Waals surface area contributed by atoms with Crippen LogP contribution in [0.1, 0.15) is 25.8 Å². The minimum atomic E-state index is -0.676. The first-order valence-electron chi connectivity index (χ1n) is 5.31. The van der Waals surface area contributed by atoms with Gasteiger partial charge in [-0.2, -0.15) is 0 Å². The summed E-state index contributed by atoms with van der Waals surface area (Å²) in [6, 6.07) is 5.37. The zero-order chi connectivity index (χ0) is 12.2. The number of hydrogen-bond acceptors (Lipinski definition) is 2. The van der Waals surface area contributed by atoms with E-state index >= 15 is 0 Å². The smallest absolute Gasteiger partial charge is 0.0741 e. The first kappa shape index (κ1) is 13.8. The van der Waals surface area contributed by atoms with E-state index < -0.39 is 5.60 Å². The van der Waals surface area contributed by atoms with Crippen molar-refractivity contribution in [3.63, 3.8) is 0 Å². The molecule has 0 saturated heterocycles. The molecule has 4 heteroatoms. The van der Waals surface area contributed by atoms with Gasteiger partial charge in [0.15, 0.2) is 0 Å². The number of benzene rings is 1. The third-order valence-corrected chi connectivity index (χ3v) is 3.19. The molecule has 1 aromatic carbocycles. The lowest BCUT2D eigenvalue weighted by molar-refractivity contribution is 0.0555. The lowest BCUT2D eigenvalue weighted by Gasteiger charge is -2.21. The molecule has 2 nitrogen and oxygen atoms in total. The molecule has 0 heterocycles. The Bertz CT molecular complexity index is 353. The van der Waals surface area contributed by atoms with Crippen molar-refractivity contribution in [1.29, 1.82) is 0 Å². The van der Waals surface area contributed by atoms with Crippen LogP contribution in [0.5, 0.6) is 0 Å². The molecule has 0 fully saturated rings. The summed E-state index contributed by atoms with van der Waals surface area (Å²) in [5, 5.41) is 14.3. The van der Waals surface area contributed by atoms with Crippen LogP contribution in [-0.4, -0.2) is 17.3 Å². The van der Waals surface area contributed by atoms with E-state index in [4.69, 9.17) is 23.2 Å². The van der Waals surface area contributed by atoms with Gasteiger partial charge in [0.1, 0.15) is 0 Å². The predicted octanol–water partition coefficient (Wildman–Crippen LogP) is 3.24. The van der Waals surface area contributed by atoms with Gasteiger partial charge in [0.25, 0.3) is 0 Å². The van der Waals surface area contributed by atoms with Crippen LogP contribution in [0.3, 0.4) is 0 Å². The van der Waals surface area contributed by atoms with Crippen molar-refractivity contribution in [2.45, 2.75) is 32.4 Å². The summed E-state index contributed by atoms with van der Waals surface area (Å²) in [5.74, 6) is 0. The lowest BCUT2D eigenvalue weighted by Crippen LogP contribution is -2.36. The molecule has 0 aliphatic heterocycles. The fourth-order valence-corrected chi connectivity index (χ4v) is 1.65. The Morgan fingerprint density at radius 2 is 2.06 bits per heavy atom. The normalized spacial score (nSPS) is 14.8. The molecule has 0 radical (unpaired) electrons. The van der Waals surface area contributed by atoms with Crippen molar-refractivity contribution in [3.8, 4) is 0 Å². The second-order valence-electron chi connectivity index (χ2n) is 4.19. The van der Waals surface area contributed by atoms with Crippen molar-refractivity contribution in [3.05, 3.63) is 33.8 Å². The zero-order valence-corrected chi connectivity index (χ0v) is 11.1. The maximum atomic E-state index is 9.80. The first-order valence-corrected chi connectivity index (χ1v) is 6.07. The van der Waals surface area contributed by atoms with E-state index in [1.807, 2.05) is 13.0 Å². The van der Waals surface area contributed by atoms with Gasteiger partial charge in [-0.15, -0.1) is 0 Å². The van der Waals surface area contributed by atoms with Gasteiger partial charge >= 0.3 is 0 Å². The highest BCUT2D eigenvalue weighted by Gasteiger charge is 2.16. The van der Waals surface area contributed by atoms with Crippen LogP contribution in [0.4, 0.5) is 0 Å². The quantitative estimate of drug-likeness (QED) is 0.853. The molecule has 1 unspecified atom stereocenters. The van der Waals surface area contributed by atoms with Gasteiger partial charge < -0.3 is 10.4 Å². The summed E-state index contributed by atoms with van der Waals surface area (Å²) in [6.07, 6.45) is 0.712. The molecule has 1 rings (SSSR count). The topological polar surface area (TPSA) is 32.3 Å². The highest BCUT2D eigenvalue weighted by atomic mass is 35.5. The highest BCUT2D eigenvalue weighted by Crippen LogP contribution is 2.20. The number of rotatable bonds is 5. The third-order valence-electron chi connectivity index (χ3n) is 2.59. The van der Waals surface area contributed by atoms with Crippen molar-refractivity contribution < 1.29 is 5.11 Å². The van der Waals surface area contributed by atoms with Crippen LogP contribution in [0, 0.1) is 0 Å². The summed E-state index contributed by atoms with van der Waals surface area (Å²) >= 11 is 11.9. The molecule has 16 heavy (non-hydrogen) atoms. The summed E-state index contributed by atoms with van der Waals surface area (Å²) in [4.78, 5) is 0. The maximum absolute atomic E-state index is 9.80. The number of hydrogen-bond donors (Lipinski definition) is 2. The average Bonchev–Trinajstić information content (AvgIpc) is 2.23. The second kappa shape index (κ2) is 5.87. The van der Waals surface area contributed by atoms with Gasteiger partial charge in [0, 0.05) is 23.1 Å². The van der Waals surface area contributed by atoms with Crippen LogP contribution in [0.15, 0.2) is 18.2 Å². The molecule has 0 bridgehead atoms. The fourth-order valence-electron chi connectivity index (χ4n) is 1.27. The molecule has 90 valence electrons. The SMILES string of the molecule is CCC(C)(O)CNCc1cc(Cl)ccc1Cl. The largest absolute Gasteiger partial charge is 0.389 e. The van der Waals surface area contributed by atoms with Crippen molar-refractivity contribution >= 4 is 23.2 Å². The Hall–Kier alpha value is -0.280. The van der Waals surface area contributed by atoms with E-state index in [9.17, 15) is 5.11 Å². The summed E-state index contributed by atoms with van der Waals surface area (Å²) < 4.78 is 0. The van der Waals surface area contributed by atoms with Crippen molar-refractivity contribution in [2.24, 2.45) is 0 Å². The van der Waals surface area contributed by atoms with Gasteiger partial charge in [0.05, 0.1) is 5.60 Å². The zero-order valence-electron chi connectivity index (χ0n) is 9.56. The number of halogens is 2. The molecule has 0 aromatic heterocycles. The molecule has 0 aliphatic rings. The van der Waals surface area contributed by atoms with Crippen LogP contribution < -0.4 is 5.32 Å². The third kappa shape index (κ3) is 4.30. The van der Waals surface area contributed by atoms with Crippen LogP contribution in [0.25, 0.3) is 0 Å². The Labute approximate surface area is 107 Å². The van der Waals surface area contributed by atoms with Crippen LogP contribution >= 0.6 is 23.2 Å². The van der Waals surface area contributed by atoms with E-state index in [-0.39, 0.29) is 0 Å². The van der Waals surface area contributed by atoms with E-state index in [1.165, 1.54) is 0 Å². The van der Waals surface area contributed by atoms with Gasteiger partial charge in [-0.1, -0.05) is 30.1 Å². The minimum Gasteiger partial charge on any atom is -0.389 e. The standard InChI is InChI=1S/C12H17Cl2NO/c1-3-12(2,16)8-15-7-9-6-10(13)4-5-11(9)14/h4-6,15-16H,3,7-8H2,1-2H3. The minimum absolute atomic E-state index is 0.534. The van der Waals surface area contributed by atoms with Crippen LogP contribution in [0.2, 0.25) is 10.0 Å². The molecule has 0 amide bonds. The van der Waals surface area contributed by atoms with Crippen molar-refractivity contribution in [1.82, 2.24) is 5.32 Å². The van der Waals surface area contributed by atoms with Gasteiger partial charge in [-0.3, -0.25) is 0 Å². The van der Waals surface area contributed by atoms with Crippen molar-refractivity contribution in [2.75, 3.05) is 6.54 Å². The van der Waals surface area contributed by atoms with Crippen LogP contribution in [-0.2, 0) is 6.54 Å². The number of nitrogens with one attached hydrogen (secondary N) is 1. The van der Waals surface area contributed by atoms with E-state index in [0.29, 0.717) is 29.6 Å². The van der Waals surface area contributed by atoms with E-state index in [0.717, 1.165) is 5.56 Å². The van der Waals surface area contributed by atoms with Gasteiger partial charge in [-0.05, 0) is 37.1 Å². The first-order chi connectivity index (χ1) is 7.44. The Balaban J connectivity index is 2.52. The maximum Gasteiger partial charge on any atom is 0.0741 e. The second-order valence-corrected chi connectivity index (χ2v) is 5.03. The van der Waals surface area contributed by atoms with E-state index in [2.05, 4.69) is 5.32 Å². The summed E-state index contributed by atoms with van der Waals surface area (Å²) in [6.45, 7) is 4.90. The molecule has 0 spiro atoms. The lowest BCUT2D eigenvalue weighted by atomic mass is 10.0. The molecule has 0 saturated carbocycles. The molecular weight excluding hydrogens is 245 g/mol. The molecule has 0 aliphatic carbocycles.